The fourth-order valence-electron chi connectivity index (χ4n) is 1.54. The van der Waals surface area contributed by atoms with Crippen LogP contribution in [0.4, 0.5) is 0 Å². The Balaban J connectivity index is 2.38. The van der Waals surface area contributed by atoms with Crippen LogP contribution in [0.5, 0.6) is 0 Å². The second kappa shape index (κ2) is 8.28. The predicted octanol–water partition coefficient (Wildman–Crippen LogP) is -2.10. The maximum atomic E-state index is 11.7. The molecule has 20 heavy (non-hydrogen) atoms. The molecule has 0 atom stereocenters. The van der Waals surface area contributed by atoms with Gasteiger partial charge in [-0.1, -0.05) is 0 Å². The molecule has 0 saturated heterocycles. The van der Waals surface area contributed by atoms with Gasteiger partial charge in [0.1, 0.15) is 6.54 Å². The van der Waals surface area contributed by atoms with Crippen LogP contribution < -0.4 is 21.9 Å². The second-order valence-corrected chi connectivity index (χ2v) is 4.22. The first-order chi connectivity index (χ1) is 9.56. The number of methoxy groups -OCH3 is 1. The molecule has 0 bridgehead atoms. The Morgan fingerprint density at radius 2 is 2.05 bits per heavy atom. The van der Waals surface area contributed by atoms with Crippen molar-refractivity contribution in [3.8, 4) is 0 Å². The maximum Gasteiger partial charge on any atom is 0.331 e. The predicted molar refractivity (Wildman–Crippen MR) is 73.7 cm³/mol. The molecule has 0 aromatic carbocycles. The highest BCUT2D eigenvalue weighted by Crippen LogP contribution is 1.79. The number of carbonyl (C=O) groups excluding carboxylic acids is 1. The van der Waals surface area contributed by atoms with Crippen LogP contribution in [0, 0.1) is 0 Å². The third-order valence-corrected chi connectivity index (χ3v) is 2.68. The number of ether oxygens (including phenoxy) is 1. The Kier molecular flexibility index (Phi) is 6.68. The van der Waals surface area contributed by atoms with Crippen molar-refractivity contribution in [2.45, 2.75) is 6.54 Å². The number of nitrogens with zero attached hydrogens (tertiary/aromatic N) is 2. The molecule has 8 nitrogen and oxygen atoms in total. The average Bonchev–Trinajstić information content (AvgIpc) is 2.43. The van der Waals surface area contributed by atoms with Crippen LogP contribution in [0.3, 0.4) is 0 Å². The van der Waals surface area contributed by atoms with Crippen molar-refractivity contribution in [3.63, 3.8) is 0 Å². The number of aromatic nitrogens is 2. The zero-order valence-corrected chi connectivity index (χ0v) is 11.7. The molecule has 0 radical (unpaired) electrons. The van der Waals surface area contributed by atoms with E-state index in [1.54, 1.807) is 7.11 Å². The molecule has 1 heterocycles. The first-order valence-corrected chi connectivity index (χ1v) is 6.29. The molecule has 0 fully saturated rings. The summed E-state index contributed by atoms with van der Waals surface area (Å²) in [5.74, 6) is -0.278. The van der Waals surface area contributed by atoms with Crippen LogP contribution in [0.1, 0.15) is 0 Å². The minimum atomic E-state index is -0.508. The number of nitrogens with one attached hydrogen (secondary N) is 2. The Hall–Kier alpha value is -1.93. The highest BCUT2D eigenvalue weighted by Gasteiger charge is 2.06. The highest BCUT2D eigenvalue weighted by atomic mass is 16.5. The van der Waals surface area contributed by atoms with Gasteiger partial charge in [-0.05, 0) is 0 Å². The van der Waals surface area contributed by atoms with E-state index >= 15 is 0 Å². The van der Waals surface area contributed by atoms with Gasteiger partial charge in [0.05, 0.1) is 6.61 Å². The quantitative estimate of drug-likeness (QED) is 0.533. The number of rotatable bonds is 8. The van der Waals surface area contributed by atoms with Crippen molar-refractivity contribution in [1.82, 2.24) is 19.8 Å². The summed E-state index contributed by atoms with van der Waals surface area (Å²) < 4.78 is 7.01. The monoisotopic (exact) mass is 284 g/mol. The molecular weight excluding hydrogens is 264 g/mol. The topological polar surface area (TPSA) is 94.4 Å². The first kappa shape index (κ1) is 16.1. The SMILES string of the molecule is COCCNCCNC(=O)Cn1ccc(=O)n(C)c1=O. The summed E-state index contributed by atoms with van der Waals surface area (Å²) in [5.41, 5.74) is -0.903. The number of amides is 1. The molecule has 0 saturated carbocycles. The van der Waals surface area contributed by atoms with Gasteiger partial charge < -0.3 is 15.4 Å². The largest absolute Gasteiger partial charge is 0.383 e. The molecule has 0 spiro atoms. The third-order valence-electron chi connectivity index (χ3n) is 2.68. The van der Waals surface area contributed by atoms with Crippen molar-refractivity contribution in [1.29, 1.82) is 0 Å². The average molecular weight is 284 g/mol. The zero-order valence-electron chi connectivity index (χ0n) is 11.7. The molecule has 2 N–H and O–H groups in total. The van der Waals surface area contributed by atoms with Gasteiger partial charge in [0.25, 0.3) is 5.56 Å². The van der Waals surface area contributed by atoms with Gasteiger partial charge in [-0.3, -0.25) is 18.7 Å². The normalized spacial score (nSPS) is 10.5. The molecular formula is C12H20N4O4. The molecule has 1 amide bonds. The van der Waals surface area contributed by atoms with Crippen molar-refractivity contribution >= 4 is 5.91 Å². The molecule has 0 aliphatic carbocycles. The van der Waals surface area contributed by atoms with E-state index in [1.165, 1.54) is 23.9 Å². The van der Waals surface area contributed by atoms with Crippen LogP contribution in [0.15, 0.2) is 21.9 Å². The van der Waals surface area contributed by atoms with Crippen LogP contribution >= 0.6 is 0 Å². The third kappa shape index (κ3) is 4.98. The van der Waals surface area contributed by atoms with E-state index < -0.39 is 11.2 Å². The van der Waals surface area contributed by atoms with Gasteiger partial charge in [-0.2, -0.15) is 0 Å². The summed E-state index contributed by atoms with van der Waals surface area (Å²) in [6.45, 7) is 2.30. The number of hydrogen-bond donors (Lipinski definition) is 2. The minimum absolute atomic E-state index is 0.106. The lowest BCUT2D eigenvalue weighted by atomic mass is 10.5. The van der Waals surface area contributed by atoms with E-state index in [4.69, 9.17) is 4.74 Å². The van der Waals surface area contributed by atoms with E-state index in [1.807, 2.05) is 0 Å². The standard InChI is InChI=1S/C12H20N4O4/c1-15-11(18)3-7-16(12(15)19)9-10(17)14-5-4-13-6-8-20-2/h3,7,13H,4-6,8-9H2,1-2H3,(H,14,17). The zero-order chi connectivity index (χ0) is 15.0. The lowest BCUT2D eigenvalue weighted by Crippen LogP contribution is -2.41. The van der Waals surface area contributed by atoms with E-state index in [0.29, 0.717) is 26.2 Å². The minimum Gasteiger partial charge on any atom is -0.383 e. The van der Waals surface area contributed by atoms with Crippen molar-refractivity contribution in [2.75, 3.05) is 33.4 Å². The van der Waals surface area contributed by atoms with Gasteiger partial charge in [0.2, 0.25) is 5.91 Å². The van der Waals surface area contributed by atoms with Crippen LogP contribution in [0.25, 0.3) is 0 Å². The Labute approximate surface area is 116 Å². The van der Waals surface area contributed by atoms with Crippen molar-refractivity contribution in [2.24, 2.45) is 7.05 Å². The smallest absolute Gasteiger partial charge is 0.331 e. The summed E-state index contributed by atoms with van der Waals surface area (Å²) in [5, 5.41) is 5.76. The van der Waals surface area contributed by atoms with Crippen molar-refractivity contribution < 1.29 is 9.53 Å². The number of carbonyl (C=O) groups is 1. The molecule has 0 aliphatic rings. The molecule has 0 aliphatic heterocycles. The second-order valence-electron chi connectivity index (χ2n) is 4.22. The van der Waals surface area contributed by atoms with Crippen LogP contribution in [0.2, 0.25) is 0 Å². The highest BCUT2D eigenvalue weighted by molar-refractivity contribution is 5.75. The molecule has 112 valence electrons. The molecule has 1 aromatic rings. The van der Waals surface area contributed by atoms with Gasteiger partial charge in [0.15, 0.2) is 0 Å². The van der Waals surface area contributed by atoms with Gasteiger partial charge in [-0.25, -0.2) is 4.79 Å². The Morgan fingerprint density at radius 3 is 2.75 bits per heavy atom. The molecule has 1 rings (SSSR count). The fraction of sp³-hybridized carbons (Fsp3) is 0.583. The summed E-state index contributed by atoms with van der Waals surface area (Å²) in [6.07, 6.45) is 1.32. The number of hydrogen-bond acceptors (Lipinski definition) is 5. The van der Waals surface area contributed by atoms with E-state index in [9.17, 15) is 14.4 Å². The lowest BCUT2D eigenvalue weighted by molar-refractivity contribution is -0.121. The molecule has 1 aromatic heterocycles. The maximum absolute atomic E-state index is 11.7. The van der Waals surface area contributed by atoms with Gasteiger partial charge in [0, 0.05) is 46.1 Å². The Morgan fingerprint density at radius 1 is 1.30 bits per heavy atom. The van der Waals surface area contributed by atoms with Crippen LogP contribution in [-0.4, -0.2) is 48.4 Å². The van der Waals surface area contributed by atoms with Crippen LogP contribution in [-0.2, 0) is 23.1 Å². The molecule has 0 unspecified atom stereocenters. The first-order valence-electron chi connectivity index (χ1n) is 6.29. The molecule has 8 heteroatoms. The fourth-order valence-corrected chi connectivity index (χ4v) is 1.54. The summed E-state index contributed by atoms with van der Waals surface area (Å²) >= 11 is 0. The lowest BCUT2D eigenvalue weighted by Gasteiger charge is -2.08. The van der Waals surface area contributed by atoms with E-state index in [0.717, 1.165) is 4.57 Å². The summed E-state index contributed by atoms with van der Waals surface area (Å²) in [4.78, 5) is 34.5. The summed E-state index contributed by atoms with van der Waals surface area (Å²) in [6, 6.07) is 1.25. The van der Waals surface area contributed by atoms with Crippen molar-refractivity contribution in [3.05, 3.63) is 33.1 Å². The van der Waals surface area contributed by atoms with Gasteiger partial charge in [-0.15, -0.1) is 0 Å². The van der Waals surface area contributed by atoms with E-state index in [-0.39, 0.29) is 12.5 Å². The van der Waals surface area contributed by atoms with Gasteiger partial charge >= 0.3 is 5.69 Å². The Bertz CT molecular complexity index is 549. The van der Waals surface area contributed by atoms with E-state index in [2.05, 4.69) is 10.6 Å². The summed E-state index contributed by atoms with van der Waals surface area (Å²) in [7, 11) is 2.99.